The summed E-state index contributed by atoms with van der Waals surface area (Å²) < 4.78 is 11.1. The van der Waals surface area contributed by atoms with E-state index in [1.165, 1.54) is 6.42 Å². The summed E-state index contributed by atoms with van der Waals surface area (Å²) in [4.78, 5) is 0. The molecule has 11 heavy (non-hydrogen) atoms. The van der Waals surface area contributed by atoms with Crippen LogP contribution in [0.4, 0.5) is 0 Å². The Kier molecular flexibility index (Phi) is 3.34. The van der Waals surface area contributed by atoms with Crippen LogP contribution in [0.15, 0.2) is 0 Å². The smallest absolute Gasteiger partial charge is 0.165 e. The maximum absolute atomic E-state index is 5.61. The first kappa shape index (κ1) is 9.01. The van der Waals surface area contributed by atoms with Gasteiger partial charge in [-0.2, -0.15) is 0 Å². The van der Waals surface area contributed by atoms with Crippen molar-refractivity contribution in [3.63, 3.8) is 0 Å². The van der Waals surface area contributed by atoms with Crippen LogP contribution in [0.5, 0.6) is 0 Å². The summed E-state index contributed by atoms with van der Waals surface area (Å²) in [7, 11) is 0. The Morgan fingerprint density at radius 2 is 2.36 bits per heavy atom. The largest absolute Gasteiger partial charge is 0.350 e. The molecule has 0 N–H and O–H groups in total. The van der Waals surface area contributed by atoms with Crippen molar-refractivity contribution in [2.24, 2.45) is 0 Å². The van der Waals surface area contributed by atoms with Gasteiger partial charge >= 0.3 is 0 Å². The molecule has 1 heterocycles. The van der Waals surface area contributed by atoms with E-state index < -0.39 is 0 Å². The van der Waals surface area contributed by atoms with Crippen molar-refractivity contribution < 1.29 is 9.47 Å². The molecule has 0 aromatic heterocycles. The van der Waals surface area contributed by atoms with Crippen molar-refractivity contribution in [3.05, 3.63) is 0 Å². The van der Waals surface area contributed by atoms with E-state index in [0.717, 1.165) is 32.5 Å². The molecule has 2 heteroatoms. The van der Waals surface area contributed by atoms with Gasteiger partial charge in [0.05, 0.1) is 6.61 Å². The second kappa shape index (κ2) is 4.07. The van der Waals surface area contributed by atoms with Crippen LogP contribution in [-0.2, 0) is 9.47 Å². The average molecular weight is 158 g/mol. The van der Waals surface area contributed by atoms with Crippen molar-refractivity contribution in [1.82, 2.24) is 0 Å². The van der Waals surface area contributed by atoms with E-state index in [2.05, 4.69) is 6.92 Å². The monoisotopic (exact) mass is 158 g/mol. The van der Waals surface area contributed by atoms with Crippen molar-refractivity contribution in [3.8, 4) is 0 Å². The third-order valence-electron chi connectivity index (χ3n) is 2.09. The lowest BCUT2D eigenvalue weighted by molar-refractivity contribution is -0.197. The molecule has 1 saturated heterocycles. The summed E-state index contributed by atoms with van der Waals surface area (Å²) in [6, 6.07) is 0. The second-order valence-corrected chi connectivity index (χ2v) is 3.29. The molecule has 0 saturated carbocycles. The fourth-order valence-corrected chi connectivity index (χ4v) is 1.30. The minimum Gasteiger partial charge on any atom is -0.350 e. The topological polar surface area (TPSA) is 18.5 Å². The van der Waals surface area contributed by atoms with E-state index in [9.17, 15) is 0 Å². The van der Waals surface area contributed by atoms with Gasteiger partial charge < -0.3 is 9.47 Å². The van der Waals surface area contributed by atoms with Gasteiger partial charge in [-0.25, -0.2) is 0 Å². The summed E-state index contributed by atoms with van der Waals surface area (Å²) in [5, 5.41) is 0. The van der Waals surface area contributed by atoms with Gasteiger partial charge in [-0.3, -0.25) is 0 Å². The molecule has 1 unspecified atom stereocenters. The molecular weight excluding hydrogens is 140 g/mol. The molecule has 1 aliphatic rings. The minimum absolute atomic E-state index is 0.255. The maximum atomic E-state index is 5.61. The lowest BCUT2D eigenvalue weighted by Gasteiger charge is -2.23. The fraction of sp³-hybridized carbons (Fsp3) is 1.00. The highest BCUT2D eigenvalue weighted by molar-refractivity contribution is 4.69. The number of hydrogen-bond donors (Lipinski definition) is 0. The fourth-order valence-electron chi connectivity index (χ4n) is 1.30. The molecule has 1 rings (SSSR count). The van der Waals surface area contributed by atoms with Crippen LogP contribution in [-0.4, -0.2) is 19.0 Å². The highest BCUT2D eigenvalue weighted by Gasteiger charge is 2.29. The maximum Gasteiger partial charge on any atom is 0.165 e. The Morgan fingerprint density at radius 1 is 1.55 bits per heavy atom. The van der Waals surface area contributed by atoms with Crippen molar-refractivity contribution >= 4 is 0 Å². The SMILES string of the molecule is CCCCOC1(C)CCCO1. The Hall–Kier alpha value is -0.0800. The van der Waals surface area contributed by atoms with E-state index in [-0.39, 0.29) is 5.79 Å². The summed E-state index contributed by atoms with van der Waals surface area (Å²) in [6.45, 7) is 5.91. The van der Waals surface area contributed by atoms with Gasteiger partial charge in [0.15, 0.2) is 5.79 Å². The highest BCUT2D eigenvalue weighted by Crippen LogP contribution is 2.26. The summed E-state index contributed by atoms with van der Waals surface area (Å²) >= 11 is 0. The molecule has 2 nitrogen and oxygen atoms in total. The lowest BCUT2D eigenvalue weighted by atomic mass is 10.2. The number of rotatable bonds is 4. The van der Waals surface area contributed by atoms with Crippen LogP contribution in [0, 0.1) is 0 Å². The molecule has 0 amide bonds. The zero-order valence-electron chi connectivity index (χ0n) is 7.56. The van der Waals surface area contributed by atoms with E-state index in [0.29, 0.717) is 0 Å². The zero-order chi connectivity index (χ0) is 8.16. The van der Waals surface area contributed by atoms with Crippen LogP contribution in [0.3, 0.4) is 0 Å². The van der Waals surface area contributed by atoms with Gasteiger partial charge in [0.2, 0.25) is 0 Å². The molecule has 66 valence electrons. The Bertz CT molecular complexity index is 106. The highest BCUT2D eigenvalue weighted by atomic mass is 16.7. The second-order valence-electron chi connectivity index (χ2n) is 3.29. The van der Waals surface area contributed by atoms with E-state index in [1.807, 2.05) is 6.92 Å². The predicted molar refractivity (Wildman–Crippen MR) is 44.5 cm³/mol. The summed E-state index contributed by atoms with van der Waals surface area (Å²) in [5.41, 5.74) is 0. The van der Waals surface area contributed by atoms with Crippen molar-refractivity contribution in [1.29, 1.82) is 0 Å². The summed E-state index contributed by atoms with van der Waals surface area (Å²) in [5.74, 6) is -0.255. The zero-order valence-corrected chi connectivity index (χ0v) is 7.56. The Balaban J connectivity index is 2.13. The third kappa shape index (κ3) is 2.80. The first-order chi connectivity index (χ1) is 5.27. The van der Waals surface area contributed by atoms with Gasteiger partial charge in [-0.05, 0) is 19.8 Å². The van der Waals surface area contributed by atoms with Crippen LogP contribution in [0.25, 0.3) is 0 Å². The quantitative estimate of drug-likeness (QED) is 0.585. The van der Waals surface area contributed by atoms with E-state index in [1.54, 1.807) is 0 Å². The number of ether oxygens (including phenoxy) is 2. The van der Waals surface area contributed by atoms with E-state index in [4.69, 9.17) is 9.47 Å². The molecule has 0 radical (unpaired) electrons. The van der Waals surface area contributed by atoms with Crippen LogP contribution in [0.1, 0.15) is 39.5 Å². The van der Waals surface area contributed by atoms with Gasteiger partial charge in [0.25, 0.3) is 0 Å². The van der Waals surface area contributed by atoms with Gasteiger partial charge in [0.1, 0.15) is 0 Å². The normalized spacial score (nSPS) is 31.1. The lowest BCUT2D eigenvalue weighted by Crippen LogP contribution is -2.27. The van der Waals surface area contributed by atoms with Crippen LogP contribution in [0.2, 0.25) is 0 Å². The molecule has 1 atom stereocenters. The Labute approximate surface area is 68.9 Å². The predicted octanol–water partition coefficient (Wildman–Crippen LogP) is 2.33. The first-order valence-corrected chi connectivity index (χ1v) is 4.55. The summed E-state index contributed by atoms with van der Waals surface area (Å²) in [6.07, 6.45) is 4.52. The molecule has 0 spiro atoms. The van der Waals surface area contributed by atoms with Crippen LogP contribution < -0.4 is 0 Å². The van der Waals surface area contributed by atoms with Crippen molar-refractivity contribution in [2.45, 2.75) is 45.3 Å². The molecule has 0 aromatic carbocycles. The van der Waals surface area contributed by atoms with Crippen molar-refractivity contribution in [2.75, 3.05) is 13.2 Å². The molecule has 1 fully saturated rings. The minimum atomic E-state index is -0.255. The average Bonchev–Trinajstić information content (AvgIpc) is 2.38. The third-order valence-corrected chi connectivity index (χ3v) is 2.09. The van der Waals surface area contributed by atoms with Gasteiger partial charge in [0, 0.05) is 13.0 Å². The first-order valence-electron chi connectivity index (χ1n) is 4.55. The number of unbranched alkanes of at least 4 members (excludes halogenated alkanes) is 1. The van der Waals surface area contributed by atoms with Crippen LogP contribution >= 0.6 is 0 Å². The molecule has 0 aromatic rings. The standard InChI is InChI=1S/C9H18O2/c1-3-4-7-10-9(2)6-5-8-11-9/h3-8H2,1-2H3. The number of hydrogen-bond acceptors (Lipinski definition) is 2. The molecule has 0 bridgehead atoms. The van der Waals surface area contributed by atoms with E-state index >= 15 is 0 Å². The Morgan fingerprint density at radius 3 is 2.91 bits per heavy atom. The van der Waals surface area contributed by atoms with Gasteiger partial charge in [-0.1, -0.05) is 13.3 Å². The van der Waals surface area contributed by atoms with Gasteiger partial charge in [-0.15, -0.1) is 0 Å². The molecular formula is C9H18O2. The molecule has 1 aliphatic heterocycles. The molecule has 0 aliphatic carbocycles.